The van der Waals surface area contributed by atoms with E-state index in [1.165, 1.54) is 0 Å². The molecule has 0 saturated heterocycles. The van der Waals surface area contributed by atoms with E-state index in [1.54, 1.807) is 60.9 Å². The Hall–Kier alpha value is -2.77. The van der Waals surface area contributed by atoms with Crippen molar-refractivity contribution < 1.29 is 9.59 Å². The Bertz CT molecular complexity index is 1040. The van der Waals surface area contributed by atoms with Gasteiger partial charge in [-0.2, -0.15) is 0 Å². The number of nitrogens with zero attached hydrogens (tertiary/aromatic N) is 1. The van der Waals surface area contributed by atoms with Crippen LogP contribution in [-0.4, -0.2) is 16.8 Å². The summed E-state index contributed by atoms with van der Waals surface area (Å²) in [5.74, 6) is -0.828. The van der Waals surface area contributed by atoms with E-state index < -0.39 is 5.91 Å². The number of anilines is 1. The van der Waals surface area contributed by atoms with Crippen LogP contribution in [0.25, 0.3) is 6.08 Å². The predicted molar refractivity (Wildman–Crippen MR) is 117 cm³/mol. The fraction of sp³-hybridized carbons (Fsp3) is 0. The third-order valence-electron chi connectivity index (χ3n) is 3.66. The molecule has 3 aromatic rings. The van der Waals surface area contributed by atoms with Gasteiger partial charge in [0.2, 0.25) is 0 Å². The first-order chi connectivity index (χ1) is 13.5. The van der Waals surface area contributed by atoms with Gasteiger partial charge in [0.25, 0.3) is 11.8 Å². The number of hydrogen-bond acceptors (Lipinski definition) is 3. The molecule has 0 unspecified atom stereocenters. The molecule has 1 heterocycles. The Labute approximate surface area is 179 Å². The number of aromatic nitrogens is 1. The molecule has 3 rings (SSSR count). The van der Waals surface area contributed by atoms with Crippen LogP contribution in [0, 0.1) is 0 Å². The second-order valence-electron chi connectivity index (χ2n) is 5.77. The van der Waals surface area contributed by atoms with E-state index in [4.69, 9.17) is 0 Å². The summed E-state index contributed by atoms with van der Waals surface area (Å²) in [6.07, 6.45) is 4.83. The molecule has 2 aromatic carbocycles. The maximum absolute atomic E-state index is 12.8. The van der Waals surface area contributed by atoms with E-state index in [0.717, 1.165) is 8.95 Å². The highest BCUT2D eigenvalue weighted by Crippen LogP contribution is 2.17. The summed E-state index contributed by atoms with van der Waals surface area (Å²) in [5.41, 5.74) is 1.84. The van der Waals surface area contributed by atoms with Gasteiger partial charge >= 0.3 is 0 Å². The number of halogens is 2. The first-order valence-electron chi connectivity index (χ1n) is 8.27. The second-order valence-corrected chi connectivity index (χ2v) is 7.60. The molecular formula is C21H15Br2N3O2. The van der Waals surface area contributed by atoms with Gasteiger partial charge in [0.05, 0.1) is 0 Å². The lowest BCUT2D eigenvalue weighted by molar-refractivity contribution is -0.113. The zero-order chi connectivity index (χ0) is 19.9. The molecule has 2 N–H and O–H groups in total. The van der Waals surface area contributed by atoms with Crippen LogP contribution in [0.1, 0.15) is 15.9 Å². The Morgan fingerprint density at radius 3 is 2.36 bits per heavy atom. The number of carbonyl (C=O) groups is 2. The Kier molecular flexibility index (Phi) is 6.73. The van der Waals surface area contributed by atoms with Gasteiger partial charge in [-0.25, -0.2) is 0 Å². The molecule has 2 amide bonds. The van der Waals surface area contributed by atoms with Gasteiger partial charge in [-0.3, -0.25) is 14.6 Å². The van der Waals surface area contributed by atoms with Gasteiger partial charge in [-0.15, -0.1) is 0 Å². The molecule has 140 valence electrons. The van der Waals surface area contributed by atoms with Crippen LogP contribution in [0.4, 0.5) is 5.69 Å². The van der Waals surface area contributed by atoms with E-state index in [0.29, 0.717) is 16.8 Å². The fourth-order valence-electron chi connectivity index (χ4n) is 2.38. The smallest absolute Gasteiger partial charge is 0.272 e. The summed E-state index contributed by atoms with van der Waals surface area (Å²) in [6, 6.07) is 17.7. The van der Waals surface area contributed by atoms with Crippen molar-refractivity contribution in [3.63, 3.8) is 0 Å². The van der Waals surface area contributed by atoms with Crippen molar-refractivity contribution in [3.8, 4) is 0 Å². The molecule has 0 aliphatic rings. The largest absolute Gasteiger partial charge is 0.321 e. The zero-order valence-corrected chi connectivity index (χ0v) is 17.7. The van der Waals surface area contributed by atoms with Gasteiger partial charge < -0.3 is 10.6 Å². The highest BCUT2D eigenvalue weighted by Gasteiger charge is 2.15. The van der Waals surface area contributed by atoms with Crippen molar-refractivity contribution in [3.05, 3.63) is 98.8 Å². The molecule has 28 heavy (non-hydrogen) atoms. The monoisotopic (exact) mass is 499 g/mol. The summed E-state index contributed by atoms with van der Waals surface area (Å²) in [4.78, 5) is 29.5. The third kappa shape index (κ3) is 5.61. The molecule has 0 fully saturated rings. The topological polar surface area (TPSA) is 71.1 Å². The number of pyridine rings is 1. The number of rotatable bonds is 5. The lowest BCUT2D eigenvalue weighted by Gasteiger charge is -2.12. The van der Waals surface area contributed by atoms with Crippen molar-refractivity contribution >= 4 is 55.4 Å². The molecule has 1 aromatic heterocycles. The van der Waals surface area contributed by atoms with Crippen LogP contribution < -0.4 is 10.6 Å². The minimum atomic E-state index is -0.440. The lowest BCUT2D eigenvalue weighted by atomic mass is 10.2. The van der Waals surface area contributed by atoms with Gasteiger partial charge in [0.1, 0.15) is 5.70 Å². The summed E-state index contributed by atoms with van der Waals surface area (Å²) in [7, 11) is 0. The first-order valence-corrected chi connectivity index (χ1v) is 9.85. The quantitative estimate of drug-likeness (QED) is 0.483. The van der Waals surface area contributed by atoms with Gasteiger partial charge in [-0.1, -0.05) is 50.1 Å². The number of benzene rings is 2. The third-order valence-corrected chi connectivity index (χ3v) is 4.64. The minimum absolute atomic E-state index is 0.109. The maximum Gasteiger partial charge on any atom is 0.272 e. The molecule has 0 spiro atoms. The van der Waals surface area contributed by atoms with Crippen LogP contribution in [-0.2, 0) is 4.79 Å². The predicted octanol–water partition coefficient (Wildman–Crippen LogP) is 5.02. The van der Waals surface area contributed by atoms with E-state index in [-0.39, 0.29) is 11.6 Å². The van der Waals surface area contributed by atoms with Crippen LogP contribution in [0.15, 0.2) is 87.7 Å². The van der Waals surface area contributed by atoms with Crippen molar-refractivity contribution in [1.82, 2.24) is 10.3 Å². The van der Waals surface area contributed by atoms with E-state index in [2.05, 4.69) is 47.5 Å². The number of amides is 2. The molecule has 0 saturated carbocycles. The van der Waals surface area contributed by atoms with Crippen LogP contribution >= 0.6 is 31.9 Å². The first kappa shape index (κ1) is 20.0. The Morgan fingerprint density at radius 1 is 0.929 bits per heavy atom. The molecule has 0 radical (unpaired) electrons. The van der Waals surface area contributed by atoms with Gasteiger partial charge in [-0.05, 0) is 54.1 Å². The molecule has 7 heteroatoms. The SMILES string of the molecule is O=C(Nc1cccc(Br)c1)/C(=C\c1cccnc1)NC(=O)c1cccc(Br)c1. The molecule has 0 aliphatic heterocycles. The van der Waals surface area contributed by atoms with Crippen molar-refractivity contribution in [2.24, 2.45) is 0 Å². The number of carbonyl (C=O) groups excluding carboxylic acids is 2. The summed E-state index contributed by atoms with van der Waals surface area (Å²) >= 11 is 6.72. The van der Waals surface area contributed by atoms with Crippen molar-refractivity contribution in [1.29, 1.82) is 0 Å². The molecule has 5 nitrogen and oxygen atoms in total. The second kappa shape index (κ2) is 9.43. The average Bonchev–Trinajstić information content (AvgIpc) is 2.68. The Morgan fingerprint density at radius 2 is 1.68 bits per heavy atom. The van der Waals surface area contributed by atoms with E-state index >= 15 is 0 Å². The Balaban J connectivity index is 1.87. The summed E-state index contributed by atoms with van der Waals surface area (Å²) < 4.78 is 1.61. The zero-order valence-electron chi connectivity index (χ0n) is 14.5. The molecule has 0 atom stereocenters. The van der Waals surface area contributed by atoms with Crippen molar-refractivity contribution in [2.75, 3.05) is 5.32 Å². The average molecular weight is 501 g/mol. The van der Waals surface area contributed by atoms with Crippen molar-refractivity contribution in [2.45, 2.75) is 0 Å². The van der Waals surface area contributed by atoms with E-state index in [9.17, 15) is 9.59 Å². The van der Waals surface area contributed by atoms with Crippen LogP contribution in [0.2, 0.25) is 0 Å². The fourth-order valence-corrected chi connectivity index (χ4v) is 3.17. The summed E-state index contributed by atoms with van der Waals surface area (Å²) in [6.45, 7) is 0. The molecular weight excluding hydrogens is 486 g/mol. The van der Waals surface area contributed by atoms with Gasteiger partial charge in [0.15, 0.2) is 0 Å². The molecule has 0 bridgehead atoms. The lowest BCUT2D eigenvalue weighted by Crippen LogP contribution is -2.30. The number of nitrogens with one attached hydrogen (secondary N) is 2. The maximum atomic E-state index is 12.8. The van der Waals surface area contributed by atoms with Gasteiger partial charge in [0, 0.05) is 32.6 Å². The normalized spacial score (nSPS) is 11.0. The minimum Gasteiger partial charge on any atom is -0.321 e. The van der Waals surface area contributed by atoms with E-state index in [1.807, 2.05) is 18.2 Å². The summed E-state index contributed by atoms with van der Waals surface area (Å²) in [5, 5.41) is 5.48. The standard InChI is InChI=1S/C21H15Br2N3O2/c22-16-6-1-5-15(11-16)20(27)26-19(10-14-4-3-9-24-13-14)21(28)25-18-8-2-7-17(23)12-18/h1-13H,(H,25,28)(H,26,27)/b19-10+. The number of hydrogen-bond donors (Lipinski definition) is 2. The highest BCUT2D eigenvalue weighted by molar-refractivity contribution is 9.10. The highest BCUT2D eigenvalue weighted by atomic mass is 79.9. The van der Waals surface area contributed by atoms with Crippen LogP contribution in [0.3, 0.4) is 0 Å². The molecule has 0 aliphatic carbocycles. The van der Waals surface area contributed by atoms with Crippen LogP contribution in [0.5, 0.6) is 0 Å².